The molecule has 2 unspecified atom stereocenters. The van der Waals surface area contributed by atoms with Crippen LogP contribution >= 0.6 is 0 Å². The van der Waals surface area contributed by atoms with Gasteiger partial charge in [-0.15, -0.1) is 0 Å². The van der Waals surface area contributed by atoms with Gasteiger partial charge < -0.3 is 26.0 Å². The lowest BCUT2D eigenvalue weighted by molar-refractivity contribution is -0.142. The normalized spacial score (nSPS) is 12.6. The van der Waals surface area contributed by atoms with E-state index in [-0.39, 0.29) is 0 Å². The number of benzene rings is 1. The van der Waals surface area contributed by atoms with Crippen LogP contribution in [0, 0.1) is 11.3 Å². The van der Waals surface area contributed by atoms with Crippen molar-refractivity contribution < 1.29 is 23.9 Å². The lowest BCUT2D eigenvalue weighted by Gasteiger charge is -2.32. The van der Waals surface area contributed by atoms with Gasteiger partial charge in [-0.05, 0) is 32.8 Å². The number of ether oxygens (including phenoxy) is 1. The number of alkyl carbamates (subject to hydrolysis) is 1. The average Bonchev–Trinajstić information content (AvgIpc) is 2.71. The SMILES string of the molecule is CCCCNC(=O)C(c1ccccc1)N(CC#N)C(=O)C(CC(N)=O)NC(=O)OC(C)(C)C. The Hall–Kier alpha value is -3.61. The van der Waals surface area contributed by atoms with Gasteiger partial charge in [0.25, 0.3) is 0 Å². The lowest BCUT2D eigenvalue weighted by Crippen LogP contribution is -2.54. The van der Waals surface area contributed by atoms with E-state index in [4.69, 9.17) is 10.5 Å². The molecule has 2 atom stereocenters. The van der Waals surface area contributed by atoms with Crippen molar-refractivity contribution in [3.05, 3.63) is 35.9 Å². The van der Waals surface area contributed by atoms with E-state index in [1.807, 2.05) is 13.0 Å². The highest BCUT2D eigenvalue weighted by Gasteiger charge is 2.36. The van der Waals surface area contributed by atoms with Gasteiger partial charge in [0, 0.05) is 6.54 Å². The Balaban J connectivity index is 3.32. The number of hydrogen-bond donors (Lipinski definition) is 3. The van der Waals surface area contributed by atoms with Crippen LogP contribution in [0.4, 0.5) is 4.79 Å². The van der Waals surface area contributed by atoms with Crippen LogP contribution in [0.2, 0.25) is 0 Å². The highest BCUT2D eigenvalue weighted by atomic mass is 16.6. The van der Waals surface area contributed by atoms with Crippen molar-refractivity contribution in [2.45, 2.75) is 64.6 Å². The summed E-state index contributed by atoms with van der Waals surface area (Å²) in [5.74, 6) is -2.13. The van der Waals surface area contributed by atoms with E-state index in [2.05, 4.69) is 10.6 Å². The van der Waals surface area contributed by atoms with E-state index in [1.165, 1.54) is 0 Å². The fourth-order valence-corrected chi connectivity index (χ4v) is 3.02. The highest BCUT2D eigenvalue weighted by molar-refractivity contribution is 5.94. The topological polar surface area (TPSA) is 155 Å². The van der Waals surface area contributed by atoms with E-state index in [0.29, 0.717) is 12.1 Å². The minimum atomic E-state index is -1.42. The Bertz CT molecular complexity index is 860. The zero-order valence-electron chi connectivity index (χ0n) is 19.6. The van der Waals surface area contributed by atoms with Crippen LogP contribution in [0.25, 0.3) is 0 Å². The number of hydrogen-bond acceptors (Lipinski definition) is 6. The summed E-state index contributed by atoms with van der Waals surface area (Å²) in [5, 5.41) is 14.5. The number of nitrogens with zero attached hydrogens (tertiary/aromatic N) is 2. The molecule has 4 amide bonds. The molecule has 0 heterocycles. The number of carbonyl (C=O) groups is 4. The van der Waals surface area contributed by atoms with E-state index in [9.17, 15) is 24.4 Å². The van der Waals surface area contributed by atoms with Crippen molar-refractivity contribution in [2.24, 2.45) is 5.73 Å². The van der Waals surface area contributed by atoms with Gasteiger partial charge in [0.15, 0.2) is 0 Å². The maximum atomic E-state index is 13.4. The molecule has 0 fully saturated rings. The maximum absolute atomic E-state index is 13.4. The monoisotopic (exact) mass is 459 g/mol. The Kier molecular flexibility index (Phi) is 10.8. The molecule has 0 spiro atoms. The zero-order valence-corrected chi connectivity index (χ0v) is 19.6. The molecule has 1 aromatic carbocycles. The molecular weight excluding hydrogens is 426 g/mol. The first-order valence-electron chi connectivity index (χ1n) is 10.8. The standard InChI is InChI=1S/C23H33N5O5/c1-5-6-13-26-20(30)19(16-10-8-7-9-11-16)28(14-12-24)21(31)17(15-18(25)29)27-22(32)33-23(2,3)4/h7-11,17,19H,5-6,13-15H2,1-4H3,(H2,25,29)(H,26,30)(H,27,32). The first-order valence-corrected chi connectivity index (χ1v) is 10.8. The van der Waals surface area contributed by atoms with Crippen molar-refractivity contribution in [1.82, 2.24) is 15.5 Å². The van der Waals surface area contributed by atoms with Crippen molar-refractivity contribution >= 4 is 23.8 Å². The minimum absolute atomic E-state index is 0.397. The molecule has 10 heteroatoms. The van der Waals surface area contributed by atoms with Crippen LogP contribution in [0.3, 0.4) is 0 Å². The van der Waals surface area contributed by atoms with Crippen molar-refractivity contribution in [1.29, 1.82) is 5.26 Å². The van der Waals surface area contributed by atoms with Crippen molar-refractivity contribution in [3.8, 4) is 6.07 Å². The van der Waals surface area contributed by atoms with Crippen LogP contribution < -0.4 is 16.4 Å². The predicted molar refractivity (Wildman–Crippen MR) is 121 cm³/mol. The van der Waals surface area contributed by atoms with Crippen LogP contribution in [0.15, 0.2) is 30.3 Å². The van der Waals surface area contributed by atoms with Crippen LogP contribution in [-0.4, -0.2) is 53.4 Å². The lowest BCUT2D eigenvalue weighted by atomic mass is 10.0. The number of nitrogens with two attached hydrogens (primary N) is 1. The van der Waals surface area contributed by atoms with Crippen molar-refractivity contribution in [2.75, 3.05) is 13.1 Å². The predicted octanol–water partition coefficient (Wildman–Crippen LogP) is 1.76. The molecule has 0 saturated carbocycles. The Morgan fingerprint density at radius 1 is 1.18 bits per heavy atom. The summed E-state index contributed by atoms with van der Waals surface area (Å²) in [4.78, 5) is 51.4. The molecule has 1 rings (SSSR count). The van der Waals surface area contributed by atoms with Gasteiger partial charge in [0.2, 0.25) is 17.7 Å². The maximum Gasteiger partial charge on any atom is 0.408 e. The Labute approximate surface area is 194 Å². The zero-order chi connectivity index (χ0) is 25.0. The molecule has 0 saturated heterocycles. The second kappa shape index (κ2) is 13.1. The molecule has 180 valence electrons. The molecule has 0 radical (unpaired) electrons. The fourth-order valence-electron chi connectivity index (χ4n) is 3.02. The van der Waals surface area contributed by atoms with E-state index >= 15 is 0 Å². The second-order valence-corrected chi connectivity index (χ2v) is 8.45. The van der Waals surface area contributed by atoms with Gasteiger partial charge in [-0.25, -0.2) is 4.79 Å². The smallest absolute Gasteiger partial charge is 0.408 e. The van der Waals surface area contributed by atoms with Gasteiger partial charge in [-0.3, -0.25) is 14.4 Å². The highest BCUT2D eigenvalue weighted by Crippen LogP contribution is 2.23. The third kappa shape index (κ3) is 9.60. The van der Waals surface area contributed by atoms with Crippen LogP contribution in [0.5, 0.6) is 0 Å². The molecule has 1 aromatic rings. The summed E-state index contributed by atoms with van der Waals surface area (Å²) >= 11 is 0. The average molecular weight is 460 g/mol. The van der Waals surface area contributed by atoms with E-state index in [1.54, 1.807) is 51.1 Å². The summed E-state index contributed by atoms with van der Waals surface area (Å²) in [6.45, 7) is 6.85. The van der Waals surface area contributed by atoms with Gasteiger partial charge >= 0.3 is 6.09 Å². The summed E-state index contributed by atoms with van der Waals surface area (Å²) in [6, 6.07) is 7.81. The number of primary amides is 1. The Morgan fingerprint density at radius 3 is 2.33 bits per heavy atom. The Morgan fingerprint density at radius 2 is 1.82 bits per heavy atom. The largest absolute Gasteiger partial charge is 0.444 e. The second-order valence-electron chi connectivity index (χ2n) is 8.45. The first kappa shape index (κ1) is 27.4. The van der Waals surface area contributed by atoms with Gasteiger partial charge in [0.1, 0.15) is 24.2 Å². The van der Waals surface area contributed by atoms with Gasteiger partial charge in [0.05, 0.1) is 12.5 Å². The summed E-state index contributed by atoms with van der Waals surface area (Å²) < 4.78 is 5.18. The number of nitriles is 1. The molecule has 0 aromatic heterocycles. The van der Waals surface area contributed by atoms with Gasteiger partial charge in [-0.1, -0.05) is 43.7 Å². The fraction of sp³-hybridized carbons (Fsp3) is 0.522. The minimum Gasteiger partial charge on any atom is -0.444 e. The molecular formula is C23H33N5O5. The summed E-state index contributed by atoms with van der Waals surface area (Å²) in [6.07, 6.45) is 0.142. The van der Waals surface area contributed by atoms with E-state index in [0.717, 1.165) is 17.7 Å². The first-order chi connectivity index (χ1) is 15.5. The summed E-state index contributed by atoms with van der Waals surface area (Å²) in [5.41, 5.74) is 4.92. The number of nitrogens with one attached hydrogen (secondary N) is 2. The summed E-state index contributed by atoms with van der Waals surface area (Å²) in [7, 11) is 0. The molecule has 33 heavy (non-hydrogen) atoms. The van der Waals surface area contributed by atoms with E-state index < -0.39 is 54.5 Å². The van der Waals surface area contributed by atoms with Crippen LogP contribution in [0.1, 0.15) is 58.6 Å². The molecule has 10 nitrogen and oxygen atoms in total. The number of unbranched alkanes of at least 4 members (excludes halogenated alkanes) is 1. The van der Waals surface area contributed by atoms with Crippen LogP contribution in [-0.2, 0) is 19.1 Å². The molecule has 0 bridgehead atoms. The number of carbonyl (C=O) groups excluding carboxylic acids is 4. The third-order valence-corrected chi connectivity index (χ3v) is 4.42. The van der Waals surface area contributed by atoms with Gasteiger partial charge in [-0.2, -0.15) is 5.26 Å². The number of rotatable bonds is 11. The molecule has 0 aliphatic carbocycles. The molecule has 0 aliphatic rings. The van der Waals surface area contributed by atoms with Crippen molar-refractivity contribution in [3.63, 3.8) is 0 Å². The third-order valence-electron chi connectivity index (χ3n) is 4.42. The molecule has 0 aliphatic heterocycles. The molecule has 4 N–H and O–H groups in total. The quantitative estimate of drug-likeness (QED) is 0.338. The number of amides is 4.